The first kappa shape index (κ1) is 18.9. The molecule has 1 heterocycles. The molecule has 24 heavy (non-hydrogen) atoms. The summed E-state index contributed by atoms with van der Waals surface area (Å²) in [4.78, 5) is 12.1. The van der Waals surface area contributed by atoms with Crippen LogP contribution in [0.25, 0.3) is 0 Å². The fourth-order valence-corrected chi connectivity index (χ4v) is 4.72. The summed E-state index contributed by atoms with van der Waals surface area (Å²) in [6.07, 6.45) is 1.05. The van der Waals surface area contributed by atoms with Crippen molar-refractivity contribution in [1.29, 1.82) is 0 Å². The Bertz CT molecular complexity index is 657. The van der Waals surface area contributed by atoms with Crippen molar-refractivity contribution in [3.8, 4) is 0 Å². The summed E-state index contributed by atoms with van der Waals surface area (Å²) in [6, 6.07) is 6.02. The Morgan fingerprint density at radius 3 is 2.21 bits per heavy atom. The van der Waals surface area contributed by atoms with Crippen LogP contribution >= 0.6 is 0 Å². The number of carbonyl (C=O) groups is 1. The molecule has 1 aromatic rings. The number of ether oxygens (including phenoxy) is 1. The van der Waals surface area contributed by atoms with Gasteiger partial charge in [-0.1, -0.05) is 27.7 Å². The lowest BCUT2D eigenvalue weighted by Gasteiger charge is -2.34. The van der Waals surface area contributed by atoms with Crippen LogP contribution in [0, 0.1) is 17.8 Å². The van der Waals surface area contributed by atoms with Crippen molar-refractivity contribution in [3.63, 3.8) is 0 Å². The zero-order chi connectivity index (χ0) is 17.9. The van der Waals surface area contributed by atoms with Crippen molar-refractivity contribution in [2.24, 2.45) is 17.8 Å². The van der Waals surface area contributed by atoms with Gasteiger partial charge < -0.3 is 4.74 Å². The van der Waals surface area contributed by atoms with Gasteiger partial charge in [0.15, 0.2) is 0 Å². The molecule has 2 atom stereocenters. The lowest BCUT2D eigenvalue weighted by Crippen LogP contribution is -2.42. The maximum Gasteiger partial charge on any atom is 0.338 e. The number of hydrogen-bond donors (Lipinski definition) is 0. The summed E-state index contributed by atoms with van der Waals surface area (Å²) in [5, 5.41) is 0. The summed E-state index contributed by atoms with van der Waals surface area (Å²) in [7, 11) is -3.51. The second-order valence-electron chi connectivity index (χ2n) is 7.28. The number of sulfonamides is 1. The van der Waals surface area contributed by atoms with E-state index in [0.29, 0.717) is 37.1 Å². The van der Waals surface area contributed by atoms with Crippen molar-refractivity contribution in [3.05, 3.63) is 29.8 Å². The number of carbonyl (C=O) groups excluding carboxylic acids is 1. The lowest BCUT2D eigenvalue weighted by atomic mass is 9.94. The number of piperidine rings is 1. The molecule has 1 aromatic carbocycles. The highest BCUT2D eigenvalue weighted by Crippen LogP contribution is 2.26. The Labute approximate surface area is 145 Å². The highest BCUT2D eigenvalue weighted by atomic mass is 32.2. The van der Waals surface area contributed by atoms with Crippen molar-refractivity contribution < 1.29 is 17.9 Å². The predicted octanol–water partition coefficient (Wildman–Crippen LogP) is 3.17. The molecule has 0 bridgehead atoms. The summed E-state index contributed by atoms with van der Waals surface area (Å²) in [6.45, 7) is 9.52. The molecule has 1 aliphatic heterocycles. The van der Waals surface area contributed by atoms with Gasteiger partial charge in [0.1, 0.15) is 0 Å². The van der Waals surface area contributed by atoms with Crippen LogP contribution in [-0.4, -0.2) is 38.4 Å². The van der Waals surface area contributed by atoms with E-state index in [1.165, 1.54) is 24.3 Å². The third-order valence-corrected chi connectivity index (χ3v) is 5.96. The third-order valence-electron chi connectivity index (χ3n) is 4.11. The molecule has 1 saturated heterocycles. The number of hydrogen-bond acceptors (Lipinski definition) is 4. The SMILES string of the molecule is CC(C)COC(=O)c1ccc(S(=O)(=O)N2CC(C)CC(C)C2)cc1. The normalized spacial score (nSPS) is 22.5. The molecule has 0 aliphatic carbocycles. The second kappa shape index (κ2) is 7.66. The molecule has 134 valence electrons. The summed E-state index contributed by atoms with van der Waals surface area (Å²) < 4.78 is 32.3. The third kappa shape index (κ3) is 4.57. The van der Waals surface area contributed by atoms with E-state index in [4.69, 9.17) is 4.74 Å². The van der Waals surface area contributed by atoms with Crippen molar-refractivity contribution >= 4 is 16.0 Å². The Hall–Kier alpha value is -1.40. The second-order valence-corrected chi connectivity index (χ2v) is 9.22. The van der Waals surface area contributed by atoms with Gasteiger partial charge in [-0.2, -0.15) is 4.31 Å². The van der Waals surface area contributed by atoms with Crippen LogP contribution in [-0.2, 0) is 14.8 Å². The molecule has 0 radical (unpaired) electrons. The van der Waals surface area contributed by atoms with E-state index in [9.17, 15) is 13.2 Å². The first-order valence-electron chi connectivity index (χ1n) is 8.47. The average molecular weight is 353 g/mol. The van der Waals surface area contributed by atoms with Gasteiger partial charge in [-0.15, -0.1) is 0 Å². The maximum atomic E-state index is 12.8. The van der Waals surface area contributed by atoms with Gasteiger partial charge in [0.25, 0.3) is 0 Å². The molecule has 0 aromatic heterocycles. The van der Waals surface area contributed by atoms with E-state index in [1.54, 1.807) is 4.31 Å². The minimum Gasteiger partial charge on any atom is -0.462 e. The molecule has 5 nitrogen and oxygen atoms in total. The molecule has 0 spiro atoms. The number of rotatable bonds is 5. The zero-order valence-corrected chi connectivity index (χ0v) is 15.7. The fourth-order valence-electron chi connectivity index (χ4n) is 3.04. The molecule has 2 rings (SSSR count). The number of esters is 1. The Morgan fingerprint density at radius 1 is 1.17 bits per heavy atom. The van der Waals surface area contributed by atoms with Gasteiger partial charge in [0.2, 0.25) is 10.0 Å². The zero-order valence-electron chi connectivity index (χ0n) is 14.9. The van der Waals surface area contributed by atoms with Gasteiger partial charge in [0.05, 0.1) is 17.1 Å². The molecule has 6 heteroatoms. The highest BCUT2D eigenvalue weighted by molar-refractivity contribution is 7.89. The topological polar surface area (TPSA) is 63.7 Å². The summed E-state index contributed by atoms with van der Waals surface area (Å²) >= 11 is 0. The molecule has 0 amide bonds. The number of nitrogens with zero attached hydrogens (tertiary/aromatic N) is 1. The molecular formula is C18H27NO4S. The van der Waals surface area contributed by atoms with Gasteiger partial charge >= 0.3 is 5.97 Å². The molecule has 2 unspecified atom stereocenters. The summed E-state index contributed by atoms with van der Waals surface area (Å²) in [5.41, 5.74) is 0.370. The Morgan fingerprint density at radius 2 is 1.71 bits per heavy atom. The minimum atomic E-state index is -3.51. The quantitative estimate of drug-likeness (QED) is 0.763. The van der Waals surface area contributed by atoms with Gasteiger partial charge in [-0.25, -0.2) is 13.2 Å². The summed E-state index contributed by atoms with van der Waals surface area (Å²) in [5.74, 6) is 0.548. The largest absolute Gasteiger partial charge is 0.462 e. The van der Waals surface area contributed by atoms with E-state index in [2.05, 4.69) is 13.8 Å². The molecule has 1 aliphatic rings. The van der Waals surface area contributed by atoms with Gasteiger partial charge in [-0.3, -0.25) is 0 Å². The molecular weight excluding hydrogens is 326 g/mol. The number of benzene rings is 1. The Kier molecular flexibility index (Phi) is 6.04. The van der Waals surface area contributed by atoms with Crippen LogP contribution in [0.4, 0.5) is 0 Å². The molecule has 1 fully saturated rings. The minimum absolute atomic E-state index is 0.226. The van der Waals surface area contributed by atoms with E-state index in [1.807, 2.05) is 13.8 Å². The Balaban J connectivity index is 2.13. The van der Waals surface area contributed by atoms with Gasteiger partial charge in [-0.05, 0) is 48.4 Å². The monoisotopic (exact) mass is 353 g/mol. The highest BCUT2D eigenvalue weighted by Gasteiger charge is 2.31. The first-order chi connectivity index (χ1) is 11.2. The van der Waals surface area contributed by atoms with Crippen LogP contribution in [0.15, 0.2) is 29.2 Å². The van der Waals surface area contributed by atoms with E-state index in [0.717, 1.165) is 6.42 Å². The van der Waals surface area contributed by atoms with Crippen molar-refractivity contribution in [1.82, 2.24) is 4.31 Å². The standard InChI is InChI=1S/C18H27NO4S/c1-13(2)12-23-18(20)16-5-7-17(8-6-16)24(21,22)19-10-14(3)9-15(4)11-19/h5-8,13-15H,9-12H2,1-4H3. The van der Waals surface area contributed by atoms with E-state index < -0.39 is 16.0 Å². The first-order valence-corrected chi connectivity index (χ1v) is 9.91. The predicted molar refractivity (Wildman–Crippen MR) is 93.3 cm³/mol. The smallest absolute Gasteiger partial charge is 0.338 e. The lowest BCUT2D eigenvalue weighted by molar-refractivity contribution is 0.0459. The van der Waals surface area contributed by atoms with Gasteiger partial charge in [0, 0.05) is 13.1 Å². The average Bonchev–Trinajstić information content (AvgIpc) is 2.51. The van der Waals surface area contributed by atoms with E-state index >= 15 is 0 Å². The van der Waals surface area contributed by atoms with Crippen LogP contribution in [0.5, 0.6) is 0 Å². The van der Waals surface area contributed by atoms with Crippen LogP contribution in [0.2, 0.25) is 0 Å². The van der Waals surface area contributed by atoms with Crippen LogP contribution in [0.1, 0.15) is 44.5 Å². The fraction of sp³-hybridized carbons (Fsp3) is 0.611. The van der Waals surface area contributed by atoms with Crippen LogP contribution in [0.3, 0.4) is 0 Å². The molecule has 0 saturated carbocycles. The maximum absolute atomic E-state index is 12.8. The molecule has 0 N–H and O–H groups in total. The van der Waals surface area contributed by atoms with Crippen molar-refractivity contribution in [2.45, 2.75) is 39.0 Å². The van der Waals surface area contributed by atoms with Crippen molar-refractivity contribution in [2.75, 3.05) is 19.7 Å². The van der Waals surface area contributed by atoms with E-state index in [-0.39, 0.29) is 10.8 Å². The van der Waals surface area contributed by atoms with Crippen LogP contribution < -0.4 is 0 Å².